The Kier molecular flexibility index (Phi) is 18.0. The van der Waals surface area contributed by atoms with Gasteiger partial charge in [-0.2, -0.15) is 23.5 Å². The van der Waals surface area contributed by atoms with Gasteiger partial charge >= 0.3 is 17.6 Å². The molecule has 0 radical (unpaired) electrons. The minimum Gasteiger partial charge on any atom is -0.491 e. The molecule has 344 valence electrons. The zero-order chi connectivity index (χ0) is 44.1. The molecule has 2 unspecified atom stereocenters. The van der Waals surface area contributed by atoms with Gasteiger partial charge in [0.2, 0.25) is 0 Å². The lowest BCUT2D eigenvalue weighted by atomic mass is 9.65. The summed E-state index contributed by atoms with van der Waals surface area (Å²) in [6, 6.07) is 24.7. The molecular weight excluding hydrogens is 869 g/mol. The molecule has 0 N–H and O–H groups in total. The number of allylic oxidation sites excluding steroid dienone is 4. The first kappa shape index (κ1) is 48.5. The van der Waals surface area contributed by atoms with Gasteiger partial charge in [-0.25, -0.2) is 0 Å². The van der Waals surface area contributed by atoms with Crippen LogP contribution in [-0.2, 0) is 54.3 Å². The molecule has 2 aliphatic heterocycles. The van der Waals surface area contributed by atoms with Gasteiger partial charge in [0.15, 0.2) is 0 Å². The smallest absolute Gasteiger partial charge is 0.491 e. The van der Waals surface area contributed by atoms with Crippen molar-refractivity contribution in [2.24, 2.45) is 0 Å². The van der Waals surface area contributed by atoms with Gasteiger partial charge < -0.3 is 45.5 Å². The maximum atomic E-state index is 6.52. The fourth-order valence-corrected chi connectivity index (χ4v) is 14.9. The van der Waals surface area contributed by atoms with Crippen molar-refractivity contribution in [2.45, 2.75) is 81.1 Å². The van der Waals surface area contributed by atoms with E-state index < -0.39 is 23.0 Å². The molecule has 10 nitrogen and oxygen atoms in total. The van der Waals surface area contributed by atoms with Crippen LogP contribution in [0.3, 0.4) is 0 Å². The van der Waals surface area contributed by atoms with Crippen LogP contribution in [0.4, 0.5) is 0 Å². The van der Waals surface area contributed by atoms with Crippen LogP contribution in [0.2, 0.25) is 12.1 Å². The second-order valence-electron chi connectivity index (χ2n) is 16.5. The van der Waals surface area contributed by atoms with Gasteiger partial charge in [-0.3, -0.25) is 0 Å². The van der Waals surface area contributed by atoms with Gasteiger partial charge in [0.05, 0.1) is 18.6 Å². The third-order valence-electron chi connectivity index (χ3n) is 12.8. The third-order valence-corrected chi connectivity index (χ3v) is 20.7. The summed E-state index contributed by atoms with van der Waals surface area (Å²) >= 11 is 3.96. The van der Waals surface area contributed by atoms with Crippen LogP contribution < -0.4 is 9.47 Å². The van der Waals surface area contributed by atoms with Crippen LogP contribution >= 0.6 is 23.5 Å². The Bertz CT molecular complexity index is 1880. The van der Waals surface area contributed by atoms with Crippen molar-refractivity contribution in [3.63, 3.8) is 0 Å². The van der Waals surface area contributed by atoms with E-state index in [-0.39, 0.29) is 12.2 Å². The summed E-state index contributed by atoms with van der Waals surface area (Å²) in [6.45, 7) is 2.67. The summed E-state index contributed by atoms with van der Waals surface area (Å²) in [6.07, 6.45) is 13.1. The van der Waals surface area contributed by atoms with Crippen LogP contribution in [-0.4, -0.2) is 122 Å². The molecule has 0 saturated carbocycles. The molecule has 0 aromatic heterocycles. The topological polar surface area (TPSA) is 98.9 Å². The standard InChI is InChI=1S/C49H68O10S2Si2/c1-50-62(51-2,52-3)29-13-27-60-25-11-15-37-31-39(21-23-47(37)58-35-41-33-56-41)49(45-19-9-7-17-43(45)44-18-8-10-20-46(44)49)40-22-24-48(59-36-42-34-57-42)38(32-40)16-12-26-61-28-14-30-63(53-4,54-5)55-6/h7,9-10,17,19-24,31-32,41-42H,8,11-16,18,25-30,33-36H2,1-6H3. The second-order valence-corrected chi connectivity index (χ2v) is 25.2. The Morgan fingerprint density at radius 1 is 0.619 bits per heavy atom. The van der Waals surface area contributed by atoms with Crippen LogP contribution in [0.25, 0.3) is 5.57 Å². The second kappa shape index (κ2) is 23.3. The van der Waals surface area contributed by atoms with Crippen molar-refractivity contribution in [1.29, 1.82) is 0 Å². The van der Waals surface area contributed by atoms with Crippen LogP contribution in [0, 0.1) is 0 Å². The molecule has 2 fully saturated rings. The van der Waals surface area contributed by atoms with E-state index in [4.69, 9.17) is 45.5 Å². The van der Waals surface area contributed by atoms with Gasteiger partial charge in [-0.15, -0.1) is 0 Å². The Hall–Kier alpha value is -2.45. The van der Waals surface area contributed by atoms with Crippen molar-refractivity contribution in [3.8, 4) is 11.5 Å². The van der Waals surface area contributed by atoms with Gasteiger partial charge in [0.1, 0.15) is 36.9 Å². The molecule has 2 heterocycles. The average Bonchev–Trinajstić information content (AvgIpc) is 4.29. The number of hydrogen-bond acceptors (Lipinski definition) is 12. The Morgan fingerprint density at radius 3 is 1.57 bits per heavy atom. The number of aryl methyl sites for hydroxylation is 2. The summed E-state index contributed by atoms with van der Waals surface area (Å²) in [5, 5.41) is 0. The average molecular weight is 937 g/mol. The van der Waals surface area contributed by atoms with E-state index in [2.05, 4.69) is 72.8 Å². The molecular formula is C49H68O10S2Si2. The SMILES string of the molecule is CO[Si](CCCSCCCc1cc(C2(c3ccc(OCC4CO4)c(CCCSCCC[Si](OC)(OC)OC)c3)C3=C(CCC=C3)c3ccccc32)ccc1OCC1CO1)(OC)OC. The first-order chi connectivity index (χ1) is 30.9. The van der Waals surface area contributed by atoms with Crippen molar-refractivity contribution < 1.29 is 45.5 Å². The first-order valence-corrected chi connectivity index (χ1v) is 28.8. The number of benzene rings is 3. The number of rotatable bonds is 30. The molecule has 4 aliphatic rings. The minimum absolute atomic E-state index is 0.176. The van der Waals surface area contributed by atoms with E-state index in [1.54, 1.807) is 42.7 Å². The third kappa shape index (κ3) is 11.8. The monoisotopic (exact) mass is 936 g/mol. The van der Waals surface area contributed by atoms with E-state index in [0.29, 0.717) is 13.2 Å². The van der Waals surface area contributed by atoms with Gasteiger partial charge in [-0.1, -0.05) is 60.7 Å². The maximum absolute atomic E-state index is 6.52. The molecule has 0 bridgehead atoms. The fraction of sp³-hybridized carbons (Fsp3) is 0.551. The van der Waals surface area contributed by atoms with Crippen molar-refractivity contribution >= 4 is 46.7 Å². The van der Waals surface area contributed by atoms with E-state index in [9.17, 15) is 0 Å². The number of fused-ring (bicyclic) bond motifs is 2. The van der Waals surface area contributed by atoms with Gasteiger partial charge in [0.25, 0.3) is 0 Å². The highest BCUT2D eigenvalue weighted by atomic mass is 32.2. The predicted octanol–water partition coefficient (Wildman–Crippen LogP) is 9.56. The van der Waals surface area contributed by atoms with Crippen LogP contribution in [0.1, 0.15) is 71.9 Å². The van der Waals surface area contributed by atoms with E-state index in [0.717, 1.165) is 111 Å². The summed E-state index contributed by atoms with van der Waals surface area (Å²) in [5.41, 5.74) is 10.1. The molecule has 63 heavy (non-hydrogen) atoms. The largest absolute Gasteiger partial charge is 0.500 e. The van der Waals surface area contributed by atoms with Gasteiger partial charge in [-0.05, 0) is 131 Å². The van der Waals surface area contributed by atoms with Crippen molar-refractivity contribution in [1.82, 2.24) is 0 Å². The lowest BCUT2D eigenvalue weighted by Gasteiger charge is -2.36. The van der Waals surface area contributed by atoms with Crippen molar-refractivity contribution in [2.75, 3.05) is 92.1 Å². The van der Waals surface area contributed by atoms with E-state index in [1.165, 1.54) is 44.5 Å². The highest BCUT2D eigenvalue weighted by Gasteiger charge is 2.48. The predicted molar refractivity (Wildman–Crippen MR) is 259 cm³/mol. The van der Waals surface area contributed by atoms with E-state index >= 15 is 0 Å². The quantitative estimate of drug-likeness (QED) is 0.0362. The Labute approximate surface area is 386 Å². The van der Waals surface area contributed by atoms with E-state index in [1.807, 2.05) is 23.5 Å². The number of ether oxygens (including phenoxy) is 4. The molecule has 3 aromatic rings. The zero-order valence-corrected chi connectivity index (χ0v) is 41.8. The first-order valence-electron chi connectivity index (χ1n) is 22.6. The lowest BCUT2D eigenvalue weighted by molar-refractivity contribution is 0.123. The molecule has 3 aromatic carbocycles. The highest BCUT2D eigenvalue weighted by molar-refractivity contribution is 7.99. The molecule has 0 amide bonds. The summed E-state index contributed by atoms with van der Waals surface area (Å²) < 4.78 is 58.1. The minimum atomic E-state index is -2.56. The maximum Gasteiger partial charge on any atom is 0.500 e. The zero-order valence-electron chi connectivity index (χ0n) is 38.2. The fourth-order valence-electron chi connectivity index (χ4n) is 9.12. The Balaban J connectivity index is 1.17. The van der Waals surface area contributed by atoms with Crippen LogP contribution in [0.5, 0.6) is 11.5 Å². The van der Waals surface area contributed by atoms with Crippen LogP contribution in [0.15, 0.2) is 78.4 Å². The highest BCUT2D eigenvalue weighted by Crippen LogP contribution is 2.57. The molecule has 2 aliphatic carbocycles. The number of thioether (sulfide) groups is 2. The summed E-state index contributed by atoms with van der Waals surface area (Å²) in [4.78, 5) is 0. The van der Waals surface area contributed by atoms with Gasteiger partial charge in [0, 0.05) is 54.7 Å². The lowest BCUT2D eigenvalue weighted by Crippen LogP contribution is -2.42. The number of epoxide rings is 2. The Morgan fingerprint density at radius 2 is 1.10 bits per heavy atom. The molecule has 0 spiro atoms. The molecule has 14 heteroatoms. The molecule has 2 atom stereocenters. The molecule has 2 saturated heterocycles. The normalized spacial score (nSPS) is 20.2. The summed E-state index contributed by atoms with van der Waals surface area (Å²) in [5.74, 6) is 6.07. The number of hydrogen-bond donors (Lipinski definition) is 0. The summed E-state index contributed by atoms with van der Waals surface area (Å²) in [7, 11) is 5.00. The van der Waals surface area contributed by atoms with Crippen molar-refractivity contribution in [3.05, 3.63) is 112 Å². The molecule has 7 rings (SSSR count).